The number of anilines is 1. The lowest BCUT2D eigenvalue weighted by Crippen LogP contribution is -2.13. The lowest BCUT2D eigenvalue weighted by atomic mass is 10.1. The molecular formula is C15H11N3O5S. The van der Waals surface area contributed by atoms with Gasteiger partial charge < -0.3 is 4.98 Å². The first-order chi connectivity index (χ1) is 11.4. The largest absolute Gasteiger partial charge is 0.360 e. The van der Waals surface area contributed by atoms with Gasteiger partial charge in [0, 0.05) is 34.8 Å². The number of aldehydes is 1. The van der Waals surface area contributed by atoms with E-state index in [2.05, 4.69) is 9.71 Å². The van der Waals surface area contributed by atoms with Crippen LogP contribution in [0, 0.1) is 10.1 Å². The number of fused-ring (bicyclic) bond motifs is 1. The first-order valence-electron chi connectivity index (χ1n) is 6.75. The molecule has 122 valence electrons. The van der Waals surface area contributed by atoms with Crippen molar-refractivity contribution >= 4 is 38.6 Å². The third-order valence-electron chi connectivity index (χ3n) is 3.47. The number of carbonyl (C=O) groups excluding carboxylic acids is 1. The molecule has 2 aromatic carbocycles. The zero-order valence-corrected chi connectivity index (χ0v) is 12.9. The normalized spacial score (nSPS) is 11.3. The summed E-state index contributed by atoms with van der Waals surface area (Å²) < 4.78 is 27.3. The summed E-state index contributed by atoms with van der Waals surface area (Å²) in [6.45, 7) is 0. The number of aromatic amines is 1. The van der Waals surface area contributed by atoms with Crippen LogP contribution in [0.25, 0.3) is 10.9 Å². The molecule has 0 saturated heterocycles. The van der Waals surface area contributed by atoms with Gasteiger partial charge in [0.15, 0.2) is 6.29 Å². The molecule has 0 aliphatic heterocycles. The molecular weight excluding hydrogens is 334 g/mol. The number of H-pyrrole nitrogens is 1. The summed E-state index contributed by atoms with van der Waals surface area (Å²) in [6.07, 6.45) is 2.11. The van der Waals surface area contributed by atoms with Crippen LogP contribution in [0.5, 0.6) is 0 Å². The lowest BCUT2D eigenvalue weighted by Gasteiger charge is -2.09. The molecule has 0 spiro atoms. The Morgan fingerprint density at radius 3 is 2.46 bits per heavy atom. The zero-order valence-electron chi connectivity index (χ0n) is 12.1. The molecule has 0 aliphatic carbocycles. The number of nitrogens with zero attached hydrogens (tertiary/aromatic N) is 1. The maximum Gasteiger partial charge on any atom is 0.269 e. The van der Waals surface area contributed by atoms with Crippen molar-refractivity contribution in [1.29, 1.82) is 0 Å². The van der Waals surface area contributed by atoms with E-state index in [9.17, 15) is 23.3 Å². The van der Waals surface area contributed by atoms with Gasteiger partial charge in [0.2, 0.25) is 0 Å². The Labute approximate surface area is 136 Å². The molecule has 9 heteroatoms. The van der Waals surface area contributed by atoms with Gasteiger partial charge in [-0.3, -0.25) is 19.6 Å². The Bertz CT molecular complexity index is 1040. The summed E-state index contributed by atoms with van der Waals surface area (Å²) >= 11 is 0. The van der Waals surface area contributed by atoms with Gasteiger partial charge in [0.05, 0.1) is 15.5 Å². The molecule has 0 amide bonds. The molecule has 3 rings (SSSR count). The summed E-state index contributed by atoms with van der Waals surface area (Å²) in [6, 6.07) is 9.42. The minimum absolute atomic E-state index is 0.117. The summed E-state index contributed by atoms with van der Waals surface area (Å²) in [4.78, 5) is 23.9. The van der Waals surface area contributed by atoms with E-state index in [1.807, 2.05) is 0 Å². The number of hydrogen-bond donors (Lipinski definition) is 2. The fourth-order valence-electron chi connectivity index (χ4n) is 2.34. The second-order valence-electron chi connectivity index (χ2n) is 4.95. The highest BCUT2D eigenvalue weighted by atomic mass is 32.2. The standard InChI is InChI=1S/C15H11N3O5S/c19-9-10-8-16-13-2-1-3-14(15(10)13)17-24(22,23)12-6-4-11(5-7-12)18(20)21/h1-9,16-17H. The number of carbonyl (C=O) groups is 1. The number of nitro benzene ring substituents is 1. The number of nitro groups is 1. The van der Waals surface area contributed by atoms with Gasteiger partial charge in [-0.1, -0.05) is 6.07 Å². The fourth-order valence-corrected chi connectivity index (χ4v) is 3.41. The number of hydrogen-bond acceptors (Lipinski definition) is 5. The van der Waals surface area contributed by atoms with Crippen LogP contribution in [0.2, 0.25) is 0 Å². The Kier molecular flexibility index (Phi) is 3.78. The molecule has 1 aromatic heterocycles. The van der Waals surface area contributed by atoms with Gasteiger partial charge >= 0.3 is 0 Å². The smallest absolute Gasteiger partial charge is 0.269 e. The van der Waals surface area contributed by atoms with Gasteiger partial charge in [-0.05, 0) is 24.3 Å². The highest BCUT2D eigenvalue weighted by Gasteiger charge is 2.18. The topological polar surface area (TPSA) is 122 Å². The number of nitrogens with one attached hydrogen (secondary N) is 2. The Morgan fingerprint density at radius 1 is 1.12 bits per heavy atom. The van der Waals surface area contributed by atoms with Crippen LogP contribution in [-0.2, 0) is 10.0 Å². The maximum atomic E-state index is 12.5. The highest BCUT2D eigenvalue weighted by molar-refractivity contribution is 7.92. The molecule has 3 aromatic rings. The number of benzene rings is 2. The quantitative estimate of drug-likeness (QED) is 0.418. The average molecular weight is 345 g/mol. The monoisotopic (exact) mass is 345 g/mol. The van der Waals surface area contributed by atoms with Crippen molar-refractivity contribution in [3.05, 3.63) is 64.3 Å². The van der Waals surface area contributed by atoms with Gasteiger partial charge in [-0.15, -0.1) is 0 Å². The Hall–Kier alpha value is -3.20. The van der Waals surface area contributed by atoms with E-state index in [1.165, 1.54) is 12.3 Å². The van der Waals surface area contributed by atoms with Crippen molar-refractivity contribution < 1.29 is 18.1 Å². The van der Waals surface area contributed by atoms with Crippen LogP contribution in [0.4, 0.5) is 11.4 Å². The molecule has 0 aliphatic rings. The van der Waals surface area contributed by atoms with E-state index < -0.39 is 14.9 Å². The fraction of sp³-hybridized carbons (Fsp3) is 0. The van der Waals surface area contributed by atoms with E-state index in [1.54, 1.807) is 12.1 Å². The van der Waals surface area contributed by atoms with Crippen LogP contribution in [0.3, 0.4) is 0 Å². The van der Waals surface area contributed by atoms with Crippen LogP contribution in [0.15, 0.2) is 53.6 Å². The van der Waals surface area contributed by atoms with Crippen LogP contribution < -0.4 is 4.72 Å². The molecule has 1 heterocycles. The van der Waals surface area contributed by atoms with E-state index in [-0.39, 0.29) is 16.3 Å². The Balaban J connectivity index is 2.02. The summed E-state index contributed by atoms with van der Waals surface area (Å²) in [7, 11) is -3.95. The number of rotatable bonds is 5. The van der Waals surface area contributed by atoms with E-state index in [4.69, 9.17) is 0 Å². The van der Waals surface area contributed by atoms with Crippen molar-refractivity contribution in [1.82, 2.24) is 4.98 Å². The number of non-ortho nitro benzene ring substituents is 1. The van der Waals surface area contributed by atoms with Crippen molar-refractivity contribution in [3.63, 3.8) is 0 Å². The summed E-state index contributed by atoms with van der Waals surface area (Å²) in [5, 5.41) is 11.1. The summed E-state index contributed by atoms with van der Waals surface area (Å²) in [5.74, 6) is 0. The van der Waals surface area contributed by atoms with Gasteiger partial charge in [0.25, 0.3) is 15.7 Å². The Morgan fingerprint density at radius 2 is 1.83 bits per heavy atom. The second-order valence-corrected chi connectivity index (χ2v) is 6.63. The predicted molar refractivity (Wildman–Crippen MR) is 87.6 cm³/mol. The van der Waals surface area contributed by atoms with Crippen LogP contribution in [-0.4, -0.2) is 24.6 Å². The second kappa shape index (κ2) is 5.78. The van der Waals surface area contributed by atoms with Gasteiger partial charge in [0.1, 0.15) is 0 Å². The van der Waals surface area contributed by atoms with Crippen molar-refractivity contribution in [2.24, 2.45) is 0 Å². The molecule has 0 bridgehead atoms. The zero-order chi connectivity index (χ0) is 17.3. The first-order valence-corrected chi connectivity index (χ1v) is 8.23. The molecule has 2 N–H and O–H groups in total. The molecule has 0 saturated carbocycles. The third kappa shape index (κ3) is 2.72. The van der Waals surface area contributed by atoms with Gasteiger partial charge in [-0.2, -0.15) is 0 Å². The van der Waals surface area contributed by atoms with E-state index in [0.717, 1.165) is 24.3 Å². The molecule has 0 atom stereocenters. The minimum Gasteiger partial charge on any atom is -0.360 e. The van der Waals surface area contributed by atoms with Gasteiger partial charge in [-0.25, -0.2) is 8.42 Å². The first kappa shape index (κ1) is 15.7. The molecule has 24 heavy (non-hydrogen) atoms. The molecule has 8 nitrogen and oxygen atoms in total. The third-order valence-corrected chi connectivity index (χ3v) is 4.85. The SMILES string of the molecule is O=Cc1c[nH]c2cccc(NS(=O)(=O)c3ccc([N+](=O)[O-])cc3)c12. The van der Waals surface area contributed by atoms with Crippen molar-refractivity contribution in [2.45, 2.75) is 4.90 Å². The highest BCUT2D eigenvalue weighted by Crippen LogP contribution is 2.28. The molecule has 0 radical (unpaired) electrons. The van der Waals surface area contributed by atoms with E-state index >= 15 is 0 Å². The lowest BCUT2D eigenvalue weighted by molar-refractivity contribution is -0.384. The minimum atomic E-state index is -3.95. The van der Waals surface area contributed by atoms with E-state index in [0.29, 0.717) is 22.8 Å². The number of sulfonamides is 1. The molecule has 0 unspecified atom stereocenters. The maximum absolute atomic E-state index is 12.5. The molecule has 0 fully saturated rings. The predicted octanol–water partition coefficient (Wildman–Crippen LogP) is 2.69. The summed E-state index contributed by atoms with van der Waals surface area (Å²) in [5.41, 5.74) is 0.979. The van der Waals surface area contributed by atoms with Crippen molar-refractivity contribution in [3.8, 4) is 0 Å². The van der Waals surface area contributed by atoms with Crippen LogP contribution >= 0.6 is 0 Å². The van der Waals surface area contributed by atoms with Crippen molar-refractivity contribution in [2.75, 3.05) is 4.72 Å². The van der Waals surface area contributed by atoms with Crippen LogP contribution in [0.1, 0.15) is 10.4 Å². The average Bonchev–Trinajstić information content (AvgIpc) is 2.99. The number of aromatic nitrogens is 1.